The van der Waals surface area contributed by atoms with Gasteiger partial charge in [0.2, 0.25) is 5.91 Å². The van der Waals surface area contributed by atoms with Gasteiger partial charge in [0.15, 0.2) is 0 Å². The van der Waals surface area contributed by atoms with Crippen LogP contribution >= 0.6 is 0 Å². The topological polar surface area (TPSA) is 23.6 Å². The molecule has 2 aromatic rings. The van der Waals surface area contributed by atoms with Crippen molar-refractivity contribution >= 4 is 28.1 Å². The van der Waals surface area contributed by atoms with E-state index < -0.39 is 0 Å². The third-order valence-corrected chi connectivity index (χ3v) is 3.18. The Morgan fingerprint density at radius 3 is 2.00 bits per heavy atom. The van der Waals surface area contributed by atoms with Crippen LogP contribution in [-0.2, 0) is 4.79 Å². The summed E-state index contributed by atoms with van der Waals surface area (Å²) in [6, 6.07) is 12.2. The summed E-state index contributed by atoms with van der Waals surface area (Å²) in [6.07, 6.45) is 0. The van der Waals surface area contributed by atoms with Crippen molar-refractivity contribution < 1.29 is 4.79 Å². The zero-order chi connectivity index (χ0) is 13.3. The highest BCUT2D eigenvalue weighted by atomic mass is 16.2. The zero-order valence-electron chi connectivity index (χ0n) is 11.3. The summed E-state index contributed by atoms with van der Waals surface area (Å²) in [5.41, 5.74) is 2.07. The highest BCUT2D eigenvalue weighted by Crippen LogP contribution is 2.33. The number of nitrogens with zero attached hydrogens (tertiary/aromatic N) is 2. The third kappa shape index (κ3) is 2.04. The minimum atomic E-state index is 0.0380. The van der Waals surface area contributed by atoms with Crippen LogP contribution in [0, 0.1) is 0 Å². The molecule has 0 radical (unpaired) electrons. The Morgan fingerprint density at radius 2 is 1.50 bits per heavy atom. The molecule has 1 amide bonds. The van der Waals surface area contributed by atoms with Crippen molar-refractivity contribution in [1.29, 1.82) is 0 Å². The average molecular weight is 242 g/mol. The van der Waals surface area contributed by atoms with Gasteiger partial charge in [0.25, 0.3) is 0 Å². The van der Waals surface area contributed by atoms with Crippen molar-refractivity contribution in [2.75, 3.05) is 30.9 Å². The van der Waals surface area contributed by atoms with Crippen molar-refractivity contribution in [3.63, 3.8) is 0 Å². The lowest BCUT2D eigenvalue weighted by Crippen LogP contribution is -2.23. The van der Waals surface area contributed by atoms with Gasteiger partial charge < -0.3 is 9.80 Å². The van der Waals surface area contributed by atoms with Crippen LogP contribution in [0.25, 0.3) is 10.8 Å². The maximum atomic E-state index is 11.6. The molecule has 0 aromatic heterocycles. The number of amides is 1. The van der Waals surface area contributed by atoms with Gasteiger partial charge >= 0.3 is 0 Å². The number of carbonyl (C=O) groups is 1. The van der Waals surface area contributed by atoms with E-state index in [9.17, 15) is 4.79 Å². The van der Waals surface area contributed by atoms with Gasteiger partial charge in [-0.15, -0.1) is 0 Å². The van der Waals surface area contributed by atoms with Crippen LogP contribution in [0.3, 0.4) is 0 Å². The summed E-state index contributed by atoms with van der Waals surface area (Å²) in [4.78, 5) is 15.3. The summed E-state index contributed by atoms with van der Waals surface area (Å²) < 4.78 is 0. The first-order valence-corrected chi connectivity index (χ1v) is 5.95. The molecule has 0 saturated heterocycles. The fraction of sp³-hybridized carbons (Fsp3) is 0.267. The number of carbonyl (C=O) groups excluding carboxylic acids is 1. The second-order valence-electron chi connectivity index (χ2n) is 4.62. The second-order valence-corrected chi connectivity index (χ2v) is 4.62. The fourth-order valence-electron chi connectivity index (χ4n) is 2.12. The van der Waals surface area contributed by atoms with Crippen LogP contribution in [0.2, 0.25) is 0 Å². The van der Waals surface area contributed by atoms with Crippen LogP contribution < -0.4 is 9.80 Å². The molecular weight excluding hydrogens is 224 g/mol. The molecule has 0 bridgehead atoms. The van der Waals surface area contributed by atoms with Gasteiger partial charge in [-0.2, -0.15) is 0 Å². The predicted octanol–water partition coefficient (Wildman–Crippen LogP) is 2.89. The zero-order valence-corrected chi connectivity index (χ0v) is 11.3. The normalized spacial score (nSPS) is 10.4. The van der Waals surface area contributed by atoms with Crippen molar-refractivity contribution in [1.82, 2.24) is 0 Å². The van der Waals surface area contributed by atoms with E-state index in [0.29, 0.717) is 0 Å². The molecule has 0 aliphatic rings. The molecule has 0 aliphatic carbocycles. The minimum absolute atomic E-state index is 0.0380. The number of hydrogen-bond acceptors (Lipinski definition) is 2. The molecule has 3 nitrogen and oxygen atoms in total. The maximum absolute atomic E-state index is 11.6. The Labute approximate surface area is 108 Å². The van der Waals surface area contributed by atoms with Crippen LogP contribution in [0.5, 0.6) is 0 Å². The number of rotatable bonds is 2. The molecule has 0 atom stereocenters. The van der Waals surface area contributed by atoms with Gasteiger partial charge in [-0.05, 0) is 17.5 Å². The van der Waals surface area contributed by atoms with Crippen LogP contribution in [-0.4, -0.2) is 27.1 Å². The van der Waals surface area contributed by atoms with Crippen LogP contribution in [0.15, 0.2) is 36.4 Å². The molecule has 0 spiro atoms. The van der Waals surface area contributed by atoms with E-state index in [2.05, 4.69) is 23.1 Å². The number of benzene rings is 2. The van der Waals surface area contributed by atoms with Crippen LogP contribution in [0.4, 0.5) is 11.4 Å². The molecule has 94 valence electrons. The Balaban J connectivity index is 2.77. The molecule has 0 heterocycles. The molecule has 3 heteroatoms. The SMILES string of the molecule is CC(=O)N(C)c1cccc2cccc(N(C)C)c12. The van der Waals surface area contributed by atoms with E-state index in [4.69, 9.17) is 0 Å². The Bertz CT molecular complexity index is 585. The van der Waals surface area contributed by atoms with Crippen LogP contribution in [0.1, 0.15) is 6.92 Å². The van der Waals surface area contributed by atoms with Crippen molar-refractivity contribution in [3.8, 4) is 0 Å². The monoisotopic (exact) mass is 242 g/mol. The molecule has 18 heavy (non-hydrogen) atoms. The lowest BCUT2D eigenvalue weighted by molar-refractivity contribution is -0.116. The summed E-state index contributed by atoms with van der Waals surface area (Å²) in [7, 11) is 5.84. The van der Waals surface area contributed by atoms with Crippen molar-refractivity contribution in [3.05, 3.63) is 36.4 Å². The number of hydrogen-bond donors (Lipinski definition) is 0. The predicted molar refractivity (Wildman–Crippen MR) is 77.4 cm³/mol. The molecular formula is C15H18N2O. The van der Waals surface area contributed by atoms with E-state index in [1.165, 1.54) is 0 Å². The molecule has 0 N–H and O–H groups in total. The summed E-state index contributed by atoms with van der Waals surface area (Å²) in [5.74, 6) is 0.0380. The maximum Gasteiger partial charge on any atom is 0.223 e. The highest BCUT2D eigenvalue weighted by Gasteiger charge is 2.13. The number of anilines is 2. The van der Waals surface area contributed by atoms with E-state index in [0.717, 1.165) is 22.1 Å². The Morgan fingerprint density at radius 1 is 0.944 bits per heavy atom. The summed E-state index contributed by atoms with van der Waals surface area (Å²) in [5, 5.41) is 2.26. The lowest BCUT2D eigenvalue weighted by Gasteiger charge is -2.22. The van der Waals surface area contributed by atoms with E-state index >= 15 is 0 Å². The molecule has 2 aromatic carbocycles. The molecule has 0 unspecified atom stereocenters. The average Bonchev–Trinajstić information content (AvgIpc) is 2.36. The summed E-state index contributed by atoms with van der Waals surface area (Å²) >= 11 is 0. The molecule has 2 rings (SSSR count). The lowest BCUT2D eigenvalue weighted by atomic mass is 10.1. The highest BCUT2D eigenvalue weighted by molar-refractivity contribution is 6.08. The summed E-state index contributed by atoms with van der Waals surface area (Å²) in [6.45, 7) is 1.58. The van der Waals surface area contributed by atoms with Gasteiger partial charge in [0.05, 0.1) is 5.69 Å². The van der Waals surface area contributed by atoms with Gasteiger partial charge in [0, 0.05) is 39.1 Å². The second kappa shape index (κ2) is 4.69. The van der Waals surface area contributed by atoms with E-state index in [1.807, 2.05) is 39.3 Å². The molecule has 0 aliphatic heterocycles. The first-order chi connectivity index (χ1) is 8.52. The first-order valence-electron chi connectivity index (χ1n) is 5.95. The quantitative estimate of drug-likeness (QED) is 0.808. The fourth-order valence-corrected chi connectivity index (χ4v) is 2.12. The first kappa shape index (κ1) is 12.4. The van der Waals surface area contributed by atoms with Gasteiger partial charge in [-0.25, -0.2) is 0 Å². The van der Waals surface area contributed by atoms with Gasteiger partial charge in [0.1, 0.15) is 0 Å². The van der Waals surface area contributed by atoms with Crippen molar-refractivity contribution in [2.24, 2.45) is 0 Å². The largest absolute Gasteiger partial charge is 0.377 e. The van der Waals surface area contributed by atoms with E-state index in [1.54, 1.807) is 11.8 Å². The smallest absolute Gasteiger partial charge is 0.223 e. The Hall–Kier alpha value is -2.03. The third-order valence-electron chi connectivity index (χ3n) is 3.18. The van der Waals surface area contributed by atoms with E-state index in [-0.39, 0.29) is 5.91 Å². The number of fused-ring (bicyclic) bond motifs is 1. The molecule has 0 fully saturated rings. The van der Waals surface area contributed by atoms with Crippen molar-refractivity contribution in [2.45, 2.75) is 6.92 Å². The standard InChI is InChI=1S/C15H18N2O/c1-11(18)17(4)14-10-6-8-12-7-5-9-13(15(12)14)16(2)3/h5-10H,1-4H3. The van der Waals surface area contributed by atoms with Gasteiger partial charge in [-0.3, -0.25) is 4.79 Å². The van der Waals surface area contributed by atoms with Gasteiger partial charge in [-0.1, -0.05) is 24.3 Å². The minimum Gasteiger partial charge on any atom is -0.377 e. The molecule has 0 saturated carbocycles. The Kier molecular flexibility index (Phi) is 3.24.